The van der Waals surface area contributed by atoms with Crippen LogP contribution in [0.2, 0.25) is 10.0 Å². The SMILES string of the molecule is O=C1CC(C(=O)N2CCN(S(=O)(=O)c3c(Cl)cccc3Cl)CC2)c2ccccc2N1. The maximum atomic E-state index is 13.1. The number of hydrogen-bond donors (Lipinski definition) is 1. The third-order valence-electron chi connectivity index (χ3n) is 5.37. The Bertz CT molecular complexity index is 1090. The number of piperazine rings is 1. The van der Waals surface area contributed by atoms with Crippen molar-refractivity contribution < 1.29 is 18.0 Å². The molecule has 158 valence electrons. The van der Waals surface area contributed by atoms with Gasteiger partial charge in [-0.1, -0.05) is 47.5 Å². The van der Waals surface area contributed by atoms with Crippen molar-refractivity contribution in [2.24, 2.45) is 0 Å². The van der Waals surface area contributed by atoms with Crippen LogP contribution in [-0.4, -0.2) is 55.6 Å². The Morgan fingerprint density at radius 1 is 0.967 bits per heavy atom. The Hall–Kier alpha value is -2.13. The number of fused-ring (bicyclic) bond motifs is 1. The number of amides is 2. The quantitative estimate of drug-likeness (QED) is 0.751. The first-order chi connectivity index (χ1) is 14.3. The van der Waals surface area contributed by atoms with E-state index in [0.717, 1.165) is 5.56 Å². The van der Waals surface area contributed by atoms with Crippen molar-refractivity contribution >= 4 is 50.7 Å². The average Bonchev–Trinajstić information content (AvgIpc) is 2.72. The summed E-state index contributed by atoms with van der Waals surface area (Å²) >= 11 is 12.2. The molecule has 0 saturated carbocycles. The van der Waals surface area contributed by atoms with Gasteiger partial charge in [-0.25, -0.2) is 8.42 Å². The summed E-state index contributed by atoms with van der Waals surface area (Å²) in [6.45, 7) is 0.688. The van der Waals surface area contributed by atoms with Crippen LogP contribution >= 0.6 is 23.2 Å². The van der Waals surface area contributed by atoms with E-state index in [1.54, 1.807) is 23.1 Å². The number of anilines is 1. The predicted octanol–water partition coefficient (Wildman–Crippen LogP) is 2.95. The fourth-order valence-electron chi connectivity index (χ4n) is 3.86. The van der Waals surface area contributed by atoms with Crippen LogP contribution in [-0.2, 0) is 19.6 Å². The van der Waals surface area contributed by atoms with Gasteiger partial charge in [-0.05, 0) is 23.8 Å². The van der Waals surface area contributed by atoms with E-state index >= 15 is 0 Å². The average molecular weight is 468 g/mol. The Labute approximate surface area is 184 Å². The highest BCUT2D eigenvalue weighted by molar-refractivity contribution is 7.89. The Morgan fingerprint density at radius 3 is 2.27 bits per heavy atom. The Balaban J connectivity index is 1.50. The fourth-order valence-corrected chi connectivity index (χ4v) is 6.37. The molecule has 0 bridgehead atoms. The molecule has 2 heterocycles. The summed E-state index contributed by atoms with van der Waals surface area (Å²) in [7, 11) is -3.89. The largest absolute Gasteiger partial charge is 0.340 e. The smallest absolute Gasteiger partial charge is 0.246 e. The highest BCUT2D eigenvalue weighted by Gasteiger charge is 2.37. The second kappa shape index (κ2) is 8.19. The van der Waals surface area contributed by atoms with Crippen LogP contribution in [0, 0.1) is 0 Å². The molecule has 2 aromatic rings. The predicted molar refractivity (Wildman–Crippen MR) is 114 cm³/mol. The number of benzene rings is 2. The number of sulfonamides is 1. The summed E-state index contributed by atoms with van der Waals surface area (Å²) in [6.07, 6.45) is 0.0730. The lowest BCUT2D eigenvalue weighted by Crippen LogP contribution is -2.52. The molecule has 2 aromatic carbocycles. The molecule has 1 saturated heterocycles. The first-order valence-electron chi connectivity index (χ1n) is 9.41. The van der Waals surface area contributed by atoms with E-state index in [9.17, 15) is 18.0 Å². The van der Waals surface area contributed by atoms with Gasteiger partial charge in [0.2, 0.25) is 21.8 Å². The van der Waals surface area contributed by atoms with Crippen LogP contribution in [0.1, 0.15) is 17.9 Å². The van der Waals surface area contributed by atoms with Gasteiger partial charge in [0, 0.05) is 38.3 Å². The molecule has 2 aliphatic heterocycles. The number of carbonyl (C=O) groups is 2. The molecule has 2 amide bonds. The van der Waals surface area contributed by atoms with Gasteiger partial charge in [-0.3, -0.25) is 9.59 Å². The third-order valence-corrected chi connectivity index (χ3v) is 8.22. The lowest BCUT2D eigenvalue weighted by Gasteiger charge is -2.37. The van der Waals surface area contributed by atoms with Crippen LogP contribution in [0.3, 0.4) is 0 Å². The van der Waals surface area contributed by atoms with E-state index < -0.39 is 15.9 Å². The third kappa shape index (κ3) is 3.80. The lowest BCUT2D eigenvalue weighted by molar-refractivity contribution is -0.136. The van der Waals surface area contributed by atoms with Crippen molar-refractivity contribution in [3.63, 3.8) is 0 Å². The number of halogens is 2. The van der Waals surface area contributed by atoms with E-state index in [-0.39, 0.29) is 59.4 Å². The van der Waals surface area contributed by atoms with Crippen molar-refractivity contribution in [2.75, 3.05) is 31.5 Å². The van der Waals surface area contributed by atoms with E-state index in [2.05, 4.69) is 5.32 Å². The van der Waals surface area contributed by atoms with Gasteiger partial charge in [0.1, 0.15) is 4.90 Å². The Kier molecular flexibility index (Phi) is 5.76. The minimum Gasteiger partial charge on any atom is -0.340 e. The molecule has 0 aromatic heterocycles. The number of rotatable bonds is 3. The standard InChI is InChI=1S/C20H19Cl2N3O4S/c21-15-5-3-6-16(22)19(15)30(28,29)25-10-8-24(9-11-25)20(27)14-12-18(26)23-17-7-2-1-4-13(14)17/h1-7,14H,8-12H2,(H,23,26). The highest BCUT2D eigenvalue weighted by Crippen LogP contribution is 2.35. The molecule has 30 heavy (non-hydrogen) atoms. The zero-order chi connectivity index (χ0) is 21.5. The van der Waals surface area contributed by atoms with E-state index in [4.69, 9.17) is 23.2 Å². The molecule has 2 aliphatic rings. The van der Waals surface area contributed by atoms with Gasteiger partial charge >= 0.3 is 0 Å². The first-order valence-corrected chi connectivity index (χ1v) is 11.6. The molecule has 4 rings (SSSR count). The summed E-state index contributed by atoms with van der Waals surface area (Å²) < 4.78 is 27.3. The highest BCUT2D eigenvalue weighted by atomic mass is 35.5. The summed E-state index contributed by atoms with van der Waals surface area (Å²) in [4.78, 5) is 26.7. The van der Waals surface area contributed by atoms with Crippen LogP contribution in [0.5, 0.6) is 0 Å². The van der Waals surface area contributed by atoms with Crippen LogP contribution in [0.15, 0.2) is 47.4 Å². The number of para-hydroxylation sites is 1. The number of nitrogens with one attached hydrogen (secondary N) is 1. The normalized spacial score (nSPS) is 19.9. The summed E-state index contributed by atoms with van der Waals surface area (Å²) in [5.41, 5.74) is 1.42. The van der Waals surface area contributed by atoms with Gasteiger partial charge in [-0.2, -0.15) is 4.31 Å². The molecule has 1 fully saturated rings. The van der Waals surface area contributed by atoms with Gasteiger partial charge in [0.15, 0.2) is 0 Å². The van der Waals surface area contributed by atoms with Crippen LogP contribution in [0.25, 0.3) is 0 Å². The minimum absolute atomic E-state index is 0.0610. The first kappa shape index (κ1) is 21.1. The van der Waals surface area contributed by atoms with Gasteiger partial charge in [0.05, 0.1) is 16.0 Å². The molecule has 0 spiro atoms. The summed E-state index contributed by atoms with van der Waals surface area (Å²) in [5, 5.41) is 2.90. The van der Waals surface area contributed by atoms with Crippen molar-refractivity contribution in [1.82, 2.24) is 9.21 Å². The molecule has 1 atom stereocenters. The van der Waals surface area contributed by atoms with Crippen LogP contribution < -0.4 is 5.32 Å². The lowest BCUT2D eigenvalue weighted by atomic mass is 9.89. The summed E-state index contributed by atoms with van der Waals surface area (Å²) in [6, 6.07) is 11.8. The molecular formula is C20H19Cl2N3O4S. The van der Waals surface area contributed by atoms with Crippen molar-refractivity contribution in [3.8, 4) is 0 Å². The minimum atomic E-state index is -3.89. The molecule has 10 heteroatoms. The van der Waals surface area contributed by atoms with Gasteiger partial charge in [0.25, 0.3) is 0 Å². The van der Waals surface area contributed by atoms with Crippen molar-refractivity contribution in [2.45, 2.75) is 17.2 Å². The van der Waals surface area contributed by atoms with E-state index in [1.165, 1.54) is 16.4 Å². The zero-order valence-electron chi connectivity index (χ0n) is 15.8. The number of hydrogen-bond acceptors (Lipinski definition) is 4. The molecule has 0 radical (unpaired) electrons. The molecule has 0 aliphatic carbocycles. The maximum Gasteiger partial charge on any atom is 0.246 e. The second-order valence-corrected chi connectivity index (χ2v) is 9.86. The fraction of sp³-hybridized carbons (Fsp3) is 0.300. The number of carbonyl (C=O) groups excluding carboxylic acids is 2. The monoisotopic (exact) mass is 467 g/mol. The number of nitrogens with zero attached hydrogens (tertiary/aromatic N) is 2. The van der Waals surface area contributed by atoms with E-state index in [0.29, 0.717) is 5.69 Å². The Morgan fingerprint density at radius 2 is 1.60 bits per heavy atom. The topological polar surface area (TPSA) is 86.8 Å². The molecule has 1 N–H and O–H groups in total. The van der Waals surface area contributed by atoms with E-state index in [1.807, 2.05) is 12.1 Å². The zero-order valence-corrected chi connectivity index (χ0v) is 18.2. The second-order valence-electron chi connectivity index (χ2n) is 7.17. The molecule has 1 unspecified atom stereocenters. The summed E-state index contributed by atoms with van der Waals surface area (Å²) in [5.74, 6) is -0.956. The molecular weight excluding hydrogens is 449 g/mol. The molecule has 7 nitrogen and oxygen atoms in total. The maximum absolute atomic E-state index is 13.1. The van der Waals surface area contributed by atoms with Crippen molar-refractivity contribution in [3.05, 3.63) is 58.1 Å². The van der Waals surface area contributed by atoms with Crippen molar-refractivity contribution in [1.29, 1.82) is 0 Å². The van der Waals surface area contributed by atoms with Gasteiger partial charge in [-0.15, -0.1) is 0 Å². The van der Waals surface area contributed by atoms with Crippen LogP contribution in [0.4, 0.5) is 5.69 Å². The van der Waals surface area contributed by atoms with Gasteiger partial charge < -0.3 is 10.2 Å².